The zero-order valence-corrected chi connectivity index (χ0v) is 9.28. The number of halogens is 1. The highest BCUT2D eigenvalue weighted by Crippen LogP contribution is 2.25. The van der Waals surface area contributed by atoms with Crippen molar-refractivity contribution in [3.63, 3.8) is 0 Å². The summed E-state index contributed by atoms with van der Waals surface area (Å²) >= 11 is 7.26. The topological polar surface area (TPSA) is 29.5 Å². The van der Waals surface area contributed by atoms with Gasteiger partial charge in [-0.15, -0.1) is 11.3 Å². The molecular weight excluding hydrogens is 208 g/mol. The second-order valence-corrected chi connectivity index (χ2v) is 5.11. The Morgan fingerprint density at radius 2 is 2.31 bits per heavy atom. The molecule has 1 heterocycles. The maximum absolute atomic E-state index is 9.82. The SMILES string of the molecule is COCC(C)(O)Cc1ccc(Cl)s1. The van der Waals surface area contributed by atoms with E-state index < -0.39 is 5.60 Å². The van der Waals surface area contributed by atoms with Crippen LogP contribution in [0.15, 0.2) is 12.1 Å². The van der Waals surface area contributed by atoms with E-state index in [4.69, 9.17) is 16.3 Å². The van der Waals surface area contributed by atoms with Crippen LogP contribution in [0.5, 0.6) is 0 Å². The highest BCUT2D eigenvalue weighted by atomic mass is 35.5. The summed E-state index contributed by atoms with van der Waals surface area (Å²) in [6.45, 7) is 2.09. The van der Waals surface area contributed by atoms with Crippen molar-refractivity contribution < 1.29 is 9.84 Å². The van der Waals surface area contributed by atoms with E-state index in [1.165, 1.54) is 11.3 Å². The van der Waals surface area contributed by atoms with Gasteiger partial charge in [-0.1, -0.05) is 11.6 Å². The molecule has 0 fully saturated rings. The van der Waals surface area contributed by atoms with E-state index in [2.05, 4.69) is 0 Å². The minimum absolute atomic E-state index is 0.336. The summed E-state index contributed by atoms with van der Waals surface area (Å²) in [4.78, 5) is 1.08. The number of aliphatic hydroxyl groups is 1. The Balaban J connectivity index is 2.57. The Morgan fingerprint density at radius 3 is 2.77 bits per heavy atom. The first kappa shape index (κ1) is 11.0. The number of rotatable bonds is 4. The molecule has 1 aromatic heterocycles. The van der Waals surface area contributed by atoms with E-state index in [0.717, 1.165) is 9.21 Å². The molecule has 0 saturated carbocycles. The molecule has 1 atom stereocenters. The number of hydrogen-bond acceptors (Lipinski definition) is 3. The first-order valence-electron chi connectivity index (χ1n) is 3.99. The summed E-state index contributed by atoms with van der Waals surface area (Å²) in [5, 5.41) is 9.82. The van der Waals surface area contributed by atoms with Crippen LogP contribution < -0.4 is 0 Å². The average molecular weight is 221 g/mol. The molecule has 2 nitrogen and oxygen atoms in total. The standard InChI is InChI=1S/C9H13ClO2S/c1-9(11,6-12-2)5-7-3-4-8(10)13-7/h3-4,11H,5-6H2,1-2H3. The Morgan fingerprint density at radius 1 is 1.62 bits per heavy atom. The van der Waals surface area contributed by atoms with Gasteiger partial charge in [0.15, 0.2) is 0 Å². The number of ether oxygens (including phenoxy) is 1. The molecule has 13 heavy (non-hydrogen) atoms. The molecular formula is C9H13ClO2S. The van der Waals surface area contributed by atoms with Gasteiger partial charge in [0, 0.05) is 18.4 Å². The summed E-state index contributed by atoms with van der Waals surface area (Å²) in [5.74, 6) is 0. The van der Waals surface area contributed by atoms with Crippen LogP contribution in [0.3, 0.4) is 0 Å². The highest BCUT2D eigenvalue weighted by molar-refractivity contribution is 7.16. The summed E-state index contributed by atoms with van der Waals surface area (Å²) in [5.41, 5.74) is -0.803. The maximum atomic E-state index is 9.82. The van der Waals surface area contributed by atoms with E-state index in [1.807, 2.05) is 12.1 Å². The van der Waals surface area contributed by atoms with Gasteiger partial charge in [0.1, 0.15) is 0 Å². The molecule has 0 bridgehead atoms. The van der Waals surface area contributed by atoms with E-state index in [0.29, 0.717) is 13.0 Å². The molecule has 4 heteroatoms. The molecule has 1 unspecified atom stereocenters. The van der Waals surface area contributed by atoms with Crippen molar-refractivity contribution in [1.29, 1.82) is 0 Å². The van der Waals surface area contributed by atoms with E-state index >= 15 is 0 Å². The summed E-state index contributed by atoms with van der Waals surface area (Å²) in [6.07, 6.45) is 0.582. The lowest BCUT2D eigenvalue weighted by Crippen LogP contribution is -2.32. The molecule has 0 saturated heterocycles. The molecule has 0 aromatic carbocycles. The van der Waals surface area contributed by atoms with Gasteiger partial charge in [-0.25, -0.2) is 0 Å². The third-order valence-electron chi connectivity index (χ3n) is 1.64. The van der Waals surface area contributed by atoms with Gasteiger partial charge in [-0.05, 0) is 19.1 Å². The Labute approximate surface area is 87.1 Å². The van der Waals surface area contributed by atoms with Crippen LogP contribution in [0.4, 0.5) is 0 Å². The Kier molecular flexibility index (Phi) is 3.74. The summed E-state index contributed by atoms with van der Waals surface area (Å²) in [7, 11) is 1.58. The second-order valence-electron chi connectivity index (χ2n) is 3.31. The molecule has 1 aromatic rings. The Bertz CT molecular complexity index is 270. The van der Waals surface area contributed by atoms with Crippen LogP contribution >= 0.6 is 22.9 Å². The first-order chi connectivity index (χ1) is 6.03. The molecule has 0 aliphatic carbocycles. The zero-order valence-electron chi connectivity index (χ0n) is 7.71. The Hall–Kier alpha value is -0.0900. The number of methoxy groups -OCH3 is 1. The van der Waals surface area contributed by atoms with Gasteiger partial charge < -0.3 is 9.84 Å². The maximum Gasteiger partial charge on any atom is 0.0931 e. The largest absolute Gasteiger partial charge is 0.387 e. The minimum Gasteiger partial charge on any atom is -0.387 e. The smallest absolute Gasteiger partial charge is 0.0931 e. The molecule has 0 amide bonds. The molecule has 0 aliphatic rings. The van der Waals surface area contributed by atoms with Crippen molar-refractivity contribution in [3.8, 4) is 0 Å². The number of thiophene rings is 1. The van der Waals surface area contributed by atoms with Gasteiger partial charge in [0.05, 0.1) is 16.5 Å². The lowest BCUT2D eigenvalue weighted by atomic mass is 10.0. The van der Waals surface area contributed by atoms with Crippen LogP contribution in [-0.2, 0) is 11.2 Å². The fourth-order valence-electron chi connectivity index (χ4n) is 1.18. The van der Waals surface area contributed by atoms with Crippen molar-refractivity contribution in [2.75, 3.05) is 13.7 Å². The molecule has 1 rings (SSSR count). The normalized spacial score (nSPS) is 15.7. The monoisotopic (exact) mass is 220 g/mol. The predicted octanol–water partition coefficient (Wildman–Crippen LogP) is 2.34. The fourth-order valence-corrected chi connectivity index (χ4v) is 2.45. The van der Waals surface area contributed by atoms with Gasteiger partial charge >= 0.3 is 0 Å². The molecule has 0 radical (unpaired) electrons. The van der Waals surface area contributed by atoms with Gasteiger partial charge in [0.25, 0.3) is 0 Å². The lowest BCUT2D eigenvalue weighted by molar-refractivity contribution is -0.0155. The van der Waals surface area contributed by atoms with Crippen LogP contribution in [0.25, 0.3) is 0 Å². The lowest BCUT2D eigenvalue weighted by Gasteiger charge is -2.20. The zero-order chi connectivity index (χ0) is 9.90. The van der Waals surface area contributed by atoms with Gasteiger partial charge in [-0.2, -0.15) is 0 Å². The van der Waals surface area contributed by atoms with Crippen LogP contribution in [-0.4, -0.2) is 24.4 Å². The predicted molar refractivity (Wildman–Crippen MR) is 55.5 cm³/mol. The summed E-state index contributed by atoms with van der Waals surface area (Å²) in [6, 6.07) is 3.77. The number of hydrogen-bond donors (Lipinski definition) is 1. The van der Waals surface area contributed by atoms with Crippen molar-refractivity contribution >= 4 is 22.9 Å². The summed E-state index contributed by atoms with van der Waals surface area (Å²) < 4.78 is 5.66. The van der Waals surface area contributed by atoms with Crippen LogP contribution in [0.2, 0.25) is 4.34 Å². The van der Waals surface area contributed by atoms with Gasteiger partial charge in [0.2, 0.25) is 0 Å². The average Bonchev–Trinajstić information content (AvgIpc) is 2.34. The van der Waals surface area contributed by atoms with E-state index in [-0.39, 0.29) is 0 Å². The second kappa shape index (κ2) is 4.42. The van der Waals surface area contributed by atoms with Crippen LogP contribution in [0, 0.1) is 0 Å². The molecule has 0 spiro atoms. The van der Waals surface area contributed by atoms with Crippen LogP contribution in [0.1, 0.15) is 11.8 Å². The highest BCUT2D eigenvalue weighted by Gasteiger charge is 2.21. The van der Waals surface area contributed by atoms with E-state index in [9.17, 15) is 5.11 Å². The third-order valence-corrected chi connectivity index (χ3v) is 2.87. The molecule has 1 N–H and O–H groups in total. The minimum atomic E-state index is -0.803. The van der Waals surface area contributed by atoms with Gasteiger partial charge in [-0.3, -0.25) is 0 Å². The van der Waals surface area contributed by atoms with E-state index in [1.54, 1.807) is 14.0 Å². The first-order valence-corrected chi connectivity index (χ1v) is 5.18. The van der Waals surface area contributed by atoms with Crippen molar-refractivity contribution in [3.05, 3.63) is 21.3 Å². The van der Waals surface area contributed by atoms with Crippen molar-refractivity contribution in [1.82, 2.24) is 0 Å². The van der Waals surface area contributed by atoms with Crippen molar-refractivity contribution in [2.24, 2.45) is 0 Å². The third kappa shape index (κ3) is 3.65. The molecule has 0 aliphatic heterocycles. The molecule has 74 valence electrons. The fraction of sp³-hybridized carbons (Fsp3) is 0.556. The quantitative estimate of drug-likeness (QED) is 0.844. The van der Waals surface area contributed by atoms with Crippen molar-refractivity contribution in [2.45, 2.75) is 18.9 Å².